The predicted molar refractivity (Wildman–Crippen MR) is 99.1 cm³/mol. The Morgan fingerprint density at radius 2 is 2.11 bits per heavy atom. The van der Waals surface area contributed by atoms with E-state index in [-0.39, 0.29) is 6.54 Å². The maximum Gasteiger partial charge on any atom is 0.330 e. The topological polar surface area (TPSA) is 109 Å². The maximum atomic E-state index is 12.7. The van der Waals surface area contributed by atoms with Crippen molar-refractivity contribution in [2.24, 2.45) is 7.05 Å². The SMILES string of the molecule is Cn1c(N2CCOCC2)nc2cc(C(=O)N[C@@]3(C(=O)O)CCNC3)ccc21. The number of benzene rings is 1. The number of imidazole rings is 1. The highest BCUT2D eigenvalue weighted by Gasteiger charge is 2.43. The van der Waals surface area contributed by atoms with Gasteiger partial charge in [0, 0.05) is 32.2 Å². The third kappa shape index (κ3) is 3.13. The highest BCUT2D eigenvalue weighted by molar-refractivity contribution is 6.00. The molecule has 0 unspecified atom stereocenters. The van der Waals surface area contributed by atoms with Crippen molar-refractivity contribution in [1.29, 1.82) is 0 Å². The third-order valence-electron chi connectivity index (χ3n) is 5.33. The molecule has 3 N–H and O–H groups in total. The van der Waals surface area contributed by atoms with E-state index in [1.807, 2.05) is 17.7 Å². The molecular formula is C18H23N5O4. The number of carbonyl (C=O) groups is 2. The van der Waals surface area contributed by atoms with Gasteiger partial charge < -0.3 is 29.9 Å². The first-order valence-electron chi connectivity index (χ1n) is 9.06. The van der Waals surface area contributed by atoms with Gasteiger partial charge in [-0.15, -0.1) is 0 Å². The Labute approximate surface area is 156 Å². The van der Waals surface area contributed by atoms with E-state index in [1.165, 1.54) is 0 Å². The summed E-state index contributed by atoms with van der Waals surface area (Å²) in [5.74, 6) is -0.580. The van der Waals surface area contributed by atoms with Gasteiger partial charge in [-0.1, -0.05) is 0 Å². The lowest BCUT2D eigenvalue weighted by Crippen LogP contribution is -2.56. The monoisotopic (exact) mass is 373 g/mol. The number of hydrogen-bond acceptors (Lipinski definition) is 6. The number of nitrogens with one attached hydrogen (secondary N) is 2. The molecule has 2 fully saturated rings. The number of ether oxygens (including phenoxy) is 1. The van der Waals surface area contributed by atoms with Gasteiger partial charge in [-0.25, -0.2) is 9.78 Å². The molecule has 1 aromatic carbocycles. The van der Waals surface area contributed by atoms with Crippen LogP contribution in [-0.2, 0) is 16.6 Å². The van der Waals surface area contributed by atoms with Crippen molar-refractivity contribution in [3.05, 3.63) is 23.8 Å². The second-order valence-electron chi connectivity index (χ2n) is 7.04. The smallest absolute Gasteiger partial charge is 0.330 e. The van der Waals surface area contributed by atoms with Crippen LogP contribution in [0.5, 0.6) is 0 Å². The summed E-state index contributed by atoms with van der Waals surface area (Å²) in [6, 6.07) is 5.27. The van der Waals surface area contributed by atoms with E-state index in [4.69, 9.17) is 4.74 Å². The lowest BCUT2D eigenvalue weighted by atomic mass is 9.98. The van der Waals surface area contributed by atoms with Crippen molar-refractivity contribution in [3.8, 4) is 0 Å². The Morgan fingerprint density at radius 3 is 2.78 bits per heavy atom. The largest absolute Gasteiger partial charge is 0.479 e. The zero-order chi connectivity index (χ0) is 19.0. The Hall–Kier alpha value is -2.65. The first-order chi connectivity index (χ1) is 13.0. The van der Waals surface area contributed by atoms with Crippen LogP contribution < -0.4 is 15.5 Å². The number of aromatic nitrogens is 2. The number of nitrogens with zero attached hydrogens (tertiary/aromatic N) is 3. The molecular weight excluding hydrogens is 350 g/mol. The number of morpholine rings is 1. The van der Waals surface area contributed by atoms with Gasteiger partial charge in [0.1, 0.15) is 0 Å². The fourth-order valence-corrected chi connectivity index (χ4v) is 3.70. The Balaban J connectivity index is 1.61. The molecule has 0 saturated carbocycles. The minimum absolute atomic E-state index is 0.223. The molecule has 3 heterocycles. The first-order valence-corrected chi connectivity index (χ1v) is 9.06. The van der Waals surface area contributed by atoms with Crippen LogP contribution in [0.4, 0.5) is 5.95 Å². The number of carboxylic acids is 1. The van der Waals surface area contributed by atoms with E-state index < -0.39 is 17.4 Å². The minimum atomic E-state index is -1.25. The minimum Gasteiger partial charge on any atom is -0.479 e. The van der Waals surface area contributed by atoms with E-state index in [2.05, 4.69) is 20.5 Å². The molecule has 2 aliphatic rings. The van der Waals surface area contributed by atoms with Gasteiger partial charge in [0.25, 0.3) is 5.91 Å². The number of aliphatic carboxylic acids is 1. The summed E-state index contributed by atoms with van der Waals surface area (Å²) in [4.78, 5) is 31.2. The molecule has 1 amide bonds. The summed E-state index contributed by atoms with van der Waals surface area (Å²) in [5.41, 5.74) is 0.778. The number of aryl methyl sites for hydroxylation is 1. The molecule has 1 atom stereocenters. The van der Waals surface area contributed by atoms with Crippen LogP contribution in [0.3, 0.4) is 0 Å². The van der Waals surface area contributed by atoms with Gasteiger partial charge in [-0.3, -0.25) is 4.79 Å². The Kier molecular flexibility index (Phi) is 4.48. The number of anilines is 1. The molecule has 0 spiro atoms. The molecule has 2 saturated heterocycles. The highest BCUT2D eigenvalue weighted by Crippen LogP contribution is 2.24. The van der Waals surface area contributed by atoms with Crippen molar-refractivity contribution in [2.75, 3.05) is 44.3 Å². The molecule has 144 valence electrons. The number of rotatable bonds is 4. The van der Waals surface area contributed by atoms with Gasteiger partial charge >= 0.3 is 5.97 Å². The molecule has 4 rings (SSSR count). The Morgan fingerprint density at radius 1 is 1.33 bits per heavy atom. The molecule has 2 aliphatic heterocycles. The van der Waals surface area contributed by atoms with Gasteiger partial charge in [0.05, 0.1) is 24.2 Å². The van der Waals surface area contributed by atoms with Crippen LogP contribution in [0.15, 0.2) is 18.2 Å². The standard InChI is InChI=1S/C18H23N5O4/c1-22-14-3-2-12(15(24)21-18(16(25)26)4-5-19-11-18)10-13(14)20-17(22)23-6-8-27-9-7-23/h2-3,10,19H,4-9,11H2,1H3,(H,21,24)(H,25,26)/t18-/m0/s1. The van der Waals surface area contributed by atoms with E-state index in [9.17, 15) is 14.7 Å². The van der Waals surface area contributed by atoms with Crippen molar-refractivity contribution in [2.45, 2.75) is 12.0 Å². The van der Waals surface area contributed by atoms with Crippen molar-refractivity contribution >= 4 is 28.9 Å². The average Bonchev–Trinajstić information content (AvgIpc) is 3.28. The number of carboxylic acid groups (broad SMARTS) is 1. The van der Waals surface area contributed by atoms with Crippen molar-refractivity contribution in [1.82, 2.24) is 20.2 Å². The quantitative estimate of drug-likeness (QED) is 0.690. The summed E-state index contributed by atoms with van der Waals surface area (Å²) in [5, 5.41) is 15.2. The summed E-state index contributed by atoms with van der Waals surface area (Å²) < 4.78 is 7.40. The number of carbonyl (C=O) groups excluding carboxylic acids is 1. The lowest BCUT2D eigenvalue weighted by molar-refractivity contribution is -0.143. The van der Waals surface area contributed by atoms with Crippen molar-refractivity contribution in [3.63, 3.8) is 0 Å². The highest BCUT2D eigenvalue weighted by atomic mass is 16.5. The Bertz CT molecular complexity index is 881. The van der Waals surface area contributed by atoms with E-state index in [0.717, 1.165) is 24.6 Å². The van der Waals surface area contributed by atoms with Crippen LogP contribution in [-0.4, -0.2) is 71.5 Å². The van der Waals surface area contributed by atoms with Gasteiger partial charge in [-0.05, 0) is 31.2 Å². The average molecular weight is 373 g/mol. The molecule has 1 aromatic heterocycles. The molecule has 2 aromatic rings. The molecule has 27 heavy (non-hydrogen) atoms. The molecule has 9 nitrogen and oxygen atoms in total. The second kappa shape index (κ2) is 6.82. The van der Waals surface area contributed by atoms with Gasteiger partial charge in [0.2, 0.25) is 5.95 Å². The number of amides is 1. The summed E-state index contributed by atoms with van der Waals surface area (Å²) in [6.45, 7) is 3.68. The van der Waals surface area contributed by atoms with Crippen LogP contribution in [0.2, 0.25) is 0 Å². The van der Waals surface area contributed by atoms with Gasteiger partial charge in [-0.2, -0.15) is 0 Å². The van der Waals surface area contributed by atoms with E-state index in [0.29, 0.717) is 37.3 Å². The van der Waals surface area contributed by atoms with Crippen LogP contribution in [0.25, 0.3) is 11.0 Å². The number of hydrogen-bond donors (Lipinski definition) is 3. The molecule has 0 bridgehead atoms. The summed E-state index contributed by atoms with van der Waals surface area (Å²) in [6.07, 6.45) is 0.362. The fourth-order valence-electron chi connectivity index (χ4n) is 3.70. The van der Waals surface area contributed by atoms with Crippen molar-refractivity contribution < 1.29 is 19.4 Å². The van der Waals surface area contributed by atoms with Crippen LogP contribution >= 0.6 is 0 Å². The first kappa shape index (κ1) is 17.7. The van der Waals surface area contributed by atoms with Crippen LogP contribution in [0.1, 0.15) is 16.8 Å². The van der Waals surface area contributed by atoms with E-state index >= 15 is 0 Å². The maximum absolute atomic E-state index is 12.7. The summed E-state index contributed by atoms with van der Waals surface area (Å²) in [7, 11) is 1.95. The molecule has 9 heteroatoms. The van der Waals surface area contributed by atoms with Gasteiger partial charge in [0.15, 0.2) is 5.54 Å². The van der Waals surface area contributed by atoms with Crippen LogP contribution in [0, 0.1) is 0 Å². The molecule has 0 radical (unpaired) electrons. The normalized spacial score (nSPS) is 22.9. The van der Waals surface area contributed by atoms with E-state index in [1.54, 1.807) is 12.1 Å². The molecule has 0 aliphatic carbocycles. The fraction of sp³-hybridized carbons (Fsp3) is 0.500. The lowest BCUT2D eigenvalue weighted by Gasteiger charge is -2.27. The number of fused-ring (bicyclic) bond motifs is 1. The predicted octanol–water partition coefficient (Wildman–Crippen LogP) is -0.0436. The second-order valence-corrected chi connectivity index (χ2v) is 7.04. The third-order valence-corrected chi connectivity index (χ3v) is 5.33. The summed E-state index contributed by atoms with van der Waals surface area (Å²) >= 11 is 0. The zero-order valence-corrected chi connectivity index (χ0v) is 15.2. The zero-order valence-electron chi connectivity index (χ0n) is 15.2.